The molecular weight excluding hydrogens is 361 g/mol. The molecule has 2 aromatic carbocycles. The second kappa shape index (κ2) is 11.4. The number of halogens is 1. The summed E-state index contributed by atoms with van der Waals surface area (Å²) in [7, 11) is 3.20. The topological polar surface area (TPSA) is 51.2 Å². The molecule has 0 aromatic heterocycles. The average molecular weight is 389 g/mol. The van der Waals surface area contributed by atoms with Crippen LogP contribution in [0.15, 0.2) is 55.1 Å². The maximum Gasteiger partial charge on any atom is 0.165 e. The lowest BCUT2D eigenvalue weighted by molar-refractivity contribution is 0.0227. The number of nitrogens with zero attached hydrogens (tertiary/aromatic N) is 1. The van der Waals surface area contributed by atoms with E-state index in [0.29, 0.717) is 37.7 Å². The zero-order chi connectivity index (χ0) is 20.4. The third-order valence-corrected chi connectivity index (χ3v) is 4.21. The Morgan fingerprint density at radius 3 is 2.50 bits per heavy atom. The van der Waals surface area contributed by atoms with E-state index < -0.39 is 6.10 Å². The normalized spacial score (nSPS) is 12.0. The van der Waals surface area contributed by atoms with Gasteiger partial charge in [0.2, 0.25) is 0 Å². The summed E-state index contributed by atoms with van der Waals surface area (Å²) in [5.41, 5.74) is 1.88. The van der Waals surface area contributed by atoms with E-state index in [1.807, 2.05) is 18.2 Å². The highest BCUT2D eigenvalue weighted by atomic mass is 19.1. The van der Waals surface area contributed by atoms with E-state index in [1.54, 1.807) is 32.4 Å². The summed E-state index contributed by atoms with van der Waals surface area (Å²) in [6.45, 7) is 5.65. The van der Waals surface area contributed by atoms with Gasteiger partial charge in [0.05, 0.1) is 33.5 Å². The van der Waals surface area contributed by atoms with E-state index in [-0.39, 0.29) is 12.4 Å². The molecule has 0 saturated carbocycles. The van der Waals surface area contributed by atoms with Crippen molar-refractivity contribution in [3.63, 3.8) is 0 Å². The molecule has 1 N–H and O–H groups in total. The van der Waals surface area contributed by atoms with Gasteiger partial charge >= 0.3 is 0 Å². The summed E-state index contributed by atoms with van der Waals surface area (Å²) < 4.78 is 29.5. The monoisotopic (exact) mass is 389 g/mol. The second-order valence-electron chi connectivity index (χ2n) is 6.43. The minimum absolute atomic E-state index is 0.210. The molecule has 6 heteroatoms. The predicted molar refractivity (Wildman–Crippen MR) is 107 cm³/mol. The highest BCUT2D eigenvalue weighted by Gasteiger charge is 2.17. The lowest BCUT2D eigenvalue weighted by Gasteiger charge is -2.26. The Morgan fingerprint density at radius 2 is 1.86 bits per heavy atom. The number of para-hydroxylation sites is 1. The molecule has 1 unspecified atom stereocenters. The van der Waals surface area contributed by atoms with Crippen LogP contribution in [0.2, 0.25) is 0 Å². The van der Waals surface area contributed by atoms with Crippen LogP contribution < -0.4 is 9.47 Å². The van der Waals surface area contributed by atoms with Crippen LogP contribution in [0.1, 0.15) is 11.1 Å². The van der Waals surface area contributed by atoms with Gasteiger partial charge in [0.15, 0.2) is 11.5 Å². The number of ether oxygens (including phenoxy) is 3. The number of aliphatic hydroxyl groups is 1. The Morgan fingerprint density at radius 1 is 1.11 bits per heavy atom. The summed E-state index contributed by atoms with van der Waals surface area (Å²) in [4.78, 5) is 2.06. The van der Waals surface area contributed by atoms with Gasteiger partial charge in [-0.3, -0.25) is 4.90 Å². The van der Waals surface area contributed by atoms with Crippen LogP contribution in [-0.4, -0.2) is 50.1 Å². The standard InChI is InChI=1S/C22H28FNO4/c1-4-12-28-16-20(25)15-24(13-17-8-10-19(23)11-9-17)14-18-6-5-7-21(26-2)22(18)27-3/h4-11,20,25H,1,12-16H2,2-3H3. The van der Waals surface area contributed by atoms with Crippen molar-refractivity contribution in [2.24, 2.45) is 0 Å². The number of aliphatic hydroxyl groups excluding tert-OH is 1. The van der Waals surface area contributed by atoms with Gasteiger partial charge in [0.1, 0.15) is 5.82 Å². The molecule has 0 aliphatic carbocycles. The molecule has 1 atom stereocenters. The summed E-state index contributed by atoms with van der Waals surface area (Å²) in [5.74, 6) is 1.03. The fraction of sp³-hybridized carbons (Fsp3) is 0.364. The molecule has 0 bridgehead atoms. The molecule has 0 spiro atoms. The molecule has 0 heterocycles. The van der Waals surface area contributed by atoms with Crippen LogP contribution in [-0.2, 0) is 17.8 Å². The highest BCUT2D eigenvalue weighted by Crippen LogP contribution is 2.31. The molecule has 0 aliphatic rings. The van der Waals surface area contributed by atoms with Crippen molar-refractivity contribution in [3.05, 3.63) is 72.1 Å². The van der Waals surface area contributed by atoms with Crippen LogP contribution in [0.3, 0.4) is 0 Å². The van der Waals surface area contributed by atoms with Crippen LogP contribution in [0.25, 0.3) is 0 Å². The largest absolute Gasteiger partial charge is 0.493 e. The Balaban J connectivity index is 2.17. The molecule has 0 fully saturated rings. The first kappa shape index (κ1) is 21.9. The van der Waals surface area contributed by atoms with E-state index in [2.05, 4.69) is 11.5 Å². The first-order chi connectivity index (χ1) is 13.6. The highest BCUT2D eigenvalue weighted by molar-refractivity contribution is 5.46. The molecule has 0 radical (unpaired) electrons. The van der Waals surface area contributed by atoms with Crippen molar-refractivity contribution < 1.29 is 23.7 Å². The van der Waals surface area contributed by atoms with Gasteiger partial charge in [-0.2, -0.15) is 0 Å². The van der Waals surface area contributed by atoms with Gasteiger partial charge in [0.25, 0.3) is 0 Å². The van der Waals surface area contributed by atoms with E-state index >= 15 is 0 Å². The number of rotatable bonds is 12. The molecule has 0 aliphatic heterocycles. The Kier molecular flexibility index (Phi) is 8.94. The zero-order valence-electron chi connectivity index (χ0n) is 16.4. The number of methoxy groups -OCH3 is 2. The third-order valence-electron chi connectivity index (χ3n) is 4.21. The Hall–Kier alpha value is -2.41. The summed E-state index contributed by atoms with van der Waals surface area (Å²) in [6.07, 6.45) is 0.974. The lowest BCUT2D eigenvalue weighted by atomic mass is 10.1. The van der Waals surface area contributed by atoms with Gasteiger partial charge in [-0.25, -0.2) is 4.39 Å². The van der Waals surface area contributed by atoms with Crippen molar-refractivity contribution in [2.75, 3.05) is 34.0 Å². The van der Waals surface area contributed by atoms with Gasteiger partial charge in [-0.15, -0.1) is 6.58 Å². The Bertz CT molecular complexity index is 736. The SMILES string of the molecule is C=CCOCC(O)CN(Cc1ccc(F)cc1)Cc1cccc(OC)c1OC. The van der Waals surface area contributed by atoms with E-state index in [0.717, 1.165) is 11.1 Å². The molecule has 0 saturated heterocycles. The maximum absolute atomic E-state index is 13.2. The molecule has 2 aromatic rings. The third kappa shape index (κ3) is 6.64. The minimum atomic E-state index is -0.669. The van der Waals surface area contributed by atoms with Gasteiger partial charge in [-0.1, -0.05) is 30.3 Å². The molecule has 28 heavy (non-hydrogen) atoms. The summed E-state index contributed by atoms with van der Waals surface area (Å²) >= 11 is 0. The molecular formula is C22H28FNO4. The number of hydrogen-bond acceptors (Lipinski definition) is 5. The van der Waals surface area contributed by atoms with Crippen molar-refractivity contribution in [2.45, 2.75) is 19.2 Å². The average Bonchev–Trinajstić information content (AvgIpc) is 2.69. The first-order valence-electron chi connectivity index (χ1n) is 9.10. The molecule has 0 amide bonds. The number of hydrogen-bond donors (Lipinski definition) is 1. The van der Waals surface area contributed by atoms with E-state index in [4.69, 9.17) is 14.2 Å². The fourth-order valence-electron chi connectivity index (χ4n) is 2.99. The second-order valence-corrected chi connectivity index (χ2v) is 6.43. The van der Waals surface area contributed by atoms with Crippen molar-refractivity contribution in [3.8, 4) is 11.5 Å². The quantitative estimate of drug-likeness (QED) is 0.445. The van der Waals surface area contributed by atoms with Crippen LogP contribution in [0.4, 0.5) is 4.39 Å². The van der Waals surface area contributed by atoms with Crippen molar-refractivity contribution in [1.82, 2.24) is 4.90 Å². The lowest BCUT2D eigenvalue weighted by Crippen LogP contribution is -2.34. The molecule has 5 nitrogen and oxygen atoms in total. The van der Waals surface area contributed by atoms with E-state index in [9.17, 15) is 9.50 Å². The van der Waals surface area contributed by atoms with Gasteiger partial charge in [0, 0.05) is 25.2 Å². The van der Waals surface area contributed by atoms with Gasteiger partial charge < -0.3 is 19.3 Å². The molecule has 152 valence electrons. The van der Waals surface area contributed by atoms with E-state index in [1.165, 1.54) is 12.1 Å². The smallest absolute Gasteiger partial charge is 0.165 e. The maximum atomic E-state index is 13.2. The molecule has 2 rings (SSSR count). The predicted octanol–water partition coefficient (Wildman–Crippen LogP) is 3.41. The van der Waals surface area contributed by atoms with Crippen molar-refractivity contribution in [1.29, 1.82) is 0 Å². The van der Waals surface area contributed by atoms with Crippen LogP contribution in [0.5, 0.6) is 11.5 Å². The Labute approximate surface area is 166 Å². The van der Waals surface area contributed by atoms with Crippen LogP contribution >= 0.6 is 0 Å². The zero-order valence-corrected chi connectivity index (χ0v) is 16.4. The van der Waals surface area contributed by atoms with Crippen molar-refractivity contribution >= 4 is 0 Å². The first-order valence-corrected chi connectivity index (χ1v) is 9.10. The van der Waals surface area contributed by atoms with Crippen LogP contribution in [0, 0.1) is 5.82 Å². The number of benzene rings is 2. The van der Waals surface area contributed by atoms with Gasteiger partial charge in [-0.05, 0) is 23.8 Å². The minimum Gasteiger partial charge on any atom is -0.493 e. The summed E-state index contributed by atoms with van der Waals surface area (Å²) in [6, 6.07) is 12.0. The summed E-state index contributed by atoms with van der Waals surface area (Å²) in [5, 5.41) is 10.4. The fourth-order valence-corrected chi connectivity index (χ4v) is 2.99.